The number of anilines is 2. The molecule has 0 radical (unpaired) electrons. The number of fused-ring (bicyclic) bond motifs is 1. The molecule has 0 bridgehead atoms. The van der Waals surface area contributed by atoms with Gasteiger partial charge >= 0.3 is 0 Å². The number of aryl methyl sites for hydroxylation is 1. The number of hydrogen-bond acceptors (Lipinski definition) is 5. The third-order valence-corrected chi connectivity index (χ3v) is 4.44. The summed E-state index contributed by atoms with van der Waals surface area (Å²) < 4.78 is 1.75. The summed E-state index contributed by atoms with van der Waals surface area (Å²) in [5, 5.41) is 8.81. The fourth-order valence-electron chi connectivity index (χ4n) is 2.91. The highest BCUT2D eigenvalue weighted by Gasteiger charge is 2.44. The zero-order chi connectivity index (χ0) is 16.8. The van der Waals surface area contributed by atoms with Crippen molar-refractivity contribution in [3.63, 3.8) is 0 Å². The van der Waals surface area contributed by atoms with Crippen molar-refractivity contribution in [1.29, 1.82) is 0 Å². The average Bonchev–Trinajstić information content (AvgIpc) is 3.21. The van der Waals surface area contributed by atoms with Crippen LogP contribution in [0.1, 0.15) is 17.9 Å². The summed E-state index contributed by atoms with van der Waals surface area (Å²) in [5.74, 6) is 0.947. The normalized spacial score (nSPS) is 19.4. The molecule has 0 spiro atoms. The molecule has 0 aliphatic heterocycles. The lowest BCUT2D eigenvalue weighted by molar-refractivity contribution is -0.117. The van der Waals surface area contributed by atoms with Crippen LogP contribution in [0.25, 0.3) is 10.8 Å². The predicted molar refractivity (Wildman–Crippen MR) is 91.6 cm³/mol. The number of rotatable bonds is 3. The molecule has 1 aliphatic rings. The first kappa shape index (κ1) is 14.9. The lowest BCUT2D eigenvalue weighted by atomic mass is 10.2. The predicted octanol–water partition coefficient (Wildman–Crippen LogP) is 2.34. The minimum Gasteiger partial charge on any atom is -0.383 e. The van der Waals surface area contributed by atoms with Crippen molar-refractivity contribution in [2.45, 2.75) is 12.3 Å². The molecule has 24 heavy (non-hydrogen) atoms. The molecular weight excluding hydrogens is 328 g/mol. The van der Waals surface area contributed by atoms with E-state index in [1.165, 1.54) is 0 Å². The van der Waals surface area contributed by atoms with Crippen LogP contribution in [0, 0.1) is 5.92 Å². The van der Waals surface area contributed by atoms with Crippen LogP contribution in [-0.2, 0) is 11.8 Å². The molecule has 3 aromatic rings. The van der Waals surface area contributed by atoms with Gasteiger partial charge in [-0.3, -0.25) is 9.48 Å². The van der Waals surface area contributed by atoms with Gasteiger partial charge < -0.3 is 11.1 Å². The lowest BCUT2D eigenvalue weighted by Crippen LogP contribution is -2.15. The number of nitrogens with zero attached hydrogens (tertiary/aromatic N) is 4. The van der Waals surface area contributed by atoms with E-state index in [0.29, 0.717) is 22.2 Å². The Morgan fingerprint density at radius 1 is 1.42 bits per heavy atom. The highest BCUT2D eigenvalue weighted by Crippen LogP contribution is 2.47. The van der Waals surface area contributed by atoms with E-state index in [0.717, 1.165) is 17.4 Å². The van der Waals surface area contributed by atoms with Gasteiger partial charge in [-0.25, -0.2) is 9.97 Å². The van der Waals surface area contributed by atoms with Crippen LogP contribution in [-0.4, -0.2) is 25.7 Å². The zero-order valence-electron chi connectivity index (χ0n) is 12.9. The van der Waals surface area contributed by atoms with Crippen molar-refractivity contribution in [3.8, 4) is 0 Å². The Balaban J connectivity index is 1.51. The second-order valence-corrected chi connectivity index (χ2v) is 6.39. The van der Waals surface area contributed by atoms with Crippen molar-refractivity contribution >= 4 is 39.9 Å². The van der Waals surface area contributed by atoms with Crippen molar-refractivity contribution in [1.82, 2.24) is 19.7 Å². The number of nitrogen functional groups attached to an aromatic ring is 1. The topological polar surface area (TPSA) is 98.7 Å². The van der Waals surface area contributed by atoms with E-state index in [1.807, 2.05) is 19.4 Å². The maximum atomic E-state index is 12.4. The Bertz CT molecular complexity index is 953. The summed E-state index contributed by atoms with van der Waals surface area (Å²) in [6, 6.07) is 3.44. The van der Waals surface area contributed by atoms with Crippen molar-refractivity contribution in [3.05, 3.63) is 41.4 Å². The molecule has 8 heteroatoms. The van der Waals surface area contributed by atoms with Gasteiger partial charge in [0.2, 0.25) is 5.91 Å². The molecule has 1 aliphatic carbocycles. The van der Waals surface area contributed by atoms with E-state index < -0.39 is 0 Å². The SMILES string of the molecule is Cn1cc([C@H]2C[C@@H]2C(=O)Nc2cc3cc(Cl)nc(N)c3cn2)cn1. The van der Waals surface area contributed by atoms with Gasteiger partial charge in [0.05, 0.1) is 6.20 Å². The number of nitrogens with two attached hydrogens (primary N) is 1. The lowest BCUT2D eigenvalue weighted by Gasteiger charge is -2.07. The standard InChI is InChI=1S/C16H15ClN6O/c1-23-7-9(5-20-23)10-4-11(10)16(24)22-14-3-8-2-13(17)21-15(18)12(8)6-19-14/h2-3,5-7,10-11H,4H2,1H3,(H2,18,21)(H,19,22,24)/t10-,11+/m1/s1. The molecule has 1 saturated carbocycles. The van der Waals surface area contributed by atoms with Crippen LogP contribution < -0.4 is 11.1 Å². The van der Waals surface area contributed by atoms with Gasteiger partial charge in [0.15, 0.2) is 0 Å². The molecule has 0 unspecified atom stereocenters. The van der Waals surface area contributed by atoms with Crippen LogP contribution in [0.4, 0.5) is 11.6 Å². The van der Waals surface area contributed by atoms with E-state index in [2.05, 4.69) is 20.4 Å². The van der Waals surface area contributed by atoms with Crippen LogP contribution in [0.15, 0.2) is 30.7 Å². The highest BCUT2D eigenvalue weighted by atomic mass is 35.5. The molecule has 122 valence electrons. The first-order valence-electron chi connectivity index (χ1n) is 7.52. The second-order valence-electron chi connectivity index (χ2n) is 6.01. The molecular formula is C16H15ClN6O. The molecule has 1 fully saturated rings. The molecule has 7 nitrogen and oxygen atoms in total. The molecule has 3 heterocycles. The minimum absolute atomic E-state index is 0.0381. The van der Waals surface area contributed by atoms with Crippen molar-refractivity contribution in [2.75, 3.05) is 11.1 Å². The van der Waals surface area contributed by atoms with E-state index in [1.54, 1.807) is 23.0 Å². The first-order chi connectivity index (χ1) is 11.5. The molecule has 2 atom stereocenters. The van der Waals surface area contributed by atoms with E-state index >= 15 is 0 Å². The Labute approximate surface area is 142 Å². The van der Waals surface area contributed by atoms with Crippen molar-refractivity contribution < 1.29 is 4.79 Å². The number of hydrogen-bond donors (Lipinski definition) is 2. The summed E-state index contributed by atoms with van der Waals surface area (Å²) in [6.07, 6.45) is 6.18. The highest BCUT2D eigenvalue weighted by molar-refractivity contribution is 6.30. The Morgan fingerprint density at radius 2 is 2.25 bits per heavy atom. The van der Waals surface area contributed by atoms with Crippen LogP contribution in [0.2, 0.25) is 5.15 Å². The number of aromatic nitrogens is 4. The second kappa shape index (κ2) is 5.45. The molecule has 1 amide bonds. The van der Waals surface area contributed by atoms with Gasteiger partial charge in [0, 0.05) is 30.7 Å². The number of amides is 1. The van der Waals surface area contributed by atoms with E-state index in [-0.39, 0.29) is 17.7 Å². The maximum Gasteiger partial charge on any atom is 0.229 e. The zero-order valence-corrected chi connectivity index (χ0v) is 13.7. The summed E-state index contributed by atoms with van der Waals surface area (Å²) in [6.45, 7) is 0. The van der Waals surface area contributed by atoms with Crippen LogP contribution >= 0.6 is 11.6 Å². The molecule has 3 N–H and O–H groups in total. The molecule has 0 aromatic carbocycles. The largest absolute Gasteiger partial charge is 0.383 e. The number of pyridine rings is 2. The smallest absolute Gasteiger partial charge is 0.229 e. The number of carbonyl (C=O) groups is 1. The average molecular weight is 343 g/mol. The number of carbonyl (C=O) groups excluding carboxylic acids is 1. The molecule has 0 saturated heterocycles. The molecule has 3 aromatic heterocycles. The summed E-state index contributed by atoms with van der Waals surface area (Å²) in [5.41, 5.74) is 6.91. The monoisotopic (exact) mass is 342 g/mol. The summed E-state index contributed by atoms with van der Waals surface area (Å²) >= 11 is 5.92. The van der Waals surface area contributed by atoms with Gasteiger partial charge in [-0.05, 0) is 35.4 Å². The van der Waals surface area contributed by atoms with E-state index in [9.17, 15) is 4.79 Å². The van der Waals surface area contributed by atoms with Gasteiger partial charge in [-0.2, -0.15) is 5.10 Å². The van der Waals surface area contributed by atoms with Crippen molar-refractivity contribution in [2.24, 2.45) is 13.0 Å². The van der Waals surface area contributed by atoms with Crippen LogP contribution in [0.3, 0.4) is 0 Å². The van der Waals surface area contributed by atoms with Crippen LogP contribution in [0.5, 0.6) is 0 Å². The summed E-state index contributed by atoms with van der Waals surface area (Å²) in [7, 11) is 1.87. The Hall–Kier alpha value is -2.67. The number of halogens is 1. The fraction of sp³-hybridized carbons (Fsp3) is 0.250. The van der Waals surface area contributed by atoms with Gasteiger partial charge in [0.1, 0.15) is 16.8 Å². The third-order valence-electron chi connectivity index (χ3n) is 4.25. The fourth-order valence-corrected chi connectivity index (χ4v) is 3.12. The van der Waals surface area contributed by atoms with Gasteiger partial charge in [-0.15, -0.1) is 0 Å². The van der Waals surface area contributed by atoms with E-state index in [4.69, 9.17) is 17.3 Å². The Kier molecular flexibility index (Phi) is 3.38. The van der Waals surface area contributed by atoms with Gasteiger partial charge in [0.25, 0.3) is 0 Å². The summed E-state index contributed by atoms with van der Waals surface area (Å²) in [4.78, 5) is 20.6. The third kappa shape index (κ3) is 2.67. The quantitative estimate of drug-likeness (QED) is 0.712. The Morgan fingerprint density at radius 3 is 3.00 bits per heavy atom. The van der Waals surface area contributed by atoms with Gasteiger partial charge in [-0.1, -0.05) is 11.6 Å². The number of nitrogens with one attached hydrogen (secondary N) is 1. The first-order valence-corrected chi connectivity index (χ1v) is 7.90. The minimum atomic E-state index is -0.0437. The molecule has 4 rings (SSSR count). The maximum absolute atomic E-state index is 12.4.